The molecule has 0 spiro atoms. The predicted octanol–water partition coefficient (Wildman–Crippen LogP) is 2.24. The summed E-state index contributed by atoms with van der Waals surface area (Å²) in [6.07, 6.45) is 2.19. The van der Waals surface area contributed by atoms with Gasteiger partial charge < -0.3 is 15.0 Å². The molecule has 1 N–H and O–H groups in total. The molecule has 2 heterocycles. The fourth-order valence-corrected chi connectivity index (χ4v) is 2.80. The quantitative estimate of drug-likeness (QED) is 0.678. The third-order valence-corrected chi connectivity index (χ3v) is 3.57. The van der Waals surface area contributed by atoms with Crippen molar-refractivity contribution in [2.75, 3.05) is 36.6 Å². The minimum absolute atomic E-state index is 0.151. The monoisotopic (exact) mass is 282 g/mol. The lowest BCUT2D eigenvalue weighted by Gasteiger charge is -2.42. The standard InChI is InChI=1S/C13H22N4OS/c1-9-7-17(8-13(2,3)18-9)11-6-10(14-4)15-12(16-11)19-5/h6,9H,7-8H2,1-5H3,(H,14,15,16). The van der Waals surface area contributed by atoms with Crippen LogP contribution in [0.4, 0.5) is 11.6 Å². The number of hydrogen-bond donors (Lipinski definition) is 1. The average molecular weight is 282 g/mol. The summed E-state index contributed by atoms with van der Waals surface area (Å²) < 4.78 is 5.93. The van der Waals surface area contributed by atoms with E-state index in [-0.39, 0.29) is 11.7 Å². The van der Waals surface area contributed by atoms with E-state index in [9.17, 15) is 0 Å². The molecule has 0 bridgehead atoms. The van der Waals surface area contributed by atoms with Crippen molar-refractivity contribution >= 4 is 23.4 Å². The van der Waals surface area contributed by atoms with Crippen molar-refractivity contribution in [2.45, 2.75) is 37.6 Å². The molecule has 0 aliphatic carbocycles. The smallest absolute Gasteiger partial charge is 0.191 e. The van der Waals surface area contributed by atoms with E-state index >= 15 is 0 Å². The fourth-order valence-electron chi connectivity index (χ4n) is 2.42. The van der Waals surface area contributed by atoms with E-state index in [1.54, 1.807) is 11.8 Å². The zero-order valence-electron chi connectivity index (χ0n) is 12.2. The molecule has 106 valence electrons. The first-order chi connectivity index (χ1) is 8.93. The molecule has 1 saturated heterocycles. The van der Waals surface area contributed by atoms with Gasteiger partial charge in [0.15, 0.2) is 5.16 Å². The number of anilines is 2. The van der Waals surface area contributed by atoms with Crippen molar-refractivity contribution in [3.63, 3.8) is 0 Å². The SMILES string of the molecule is CNc1cc(N2CC(C)OC(C)(C)C2)nc(SC)n1. The van der Waals surface area contributed by atoms with Gasteiger partial charge in [-0.25, -0.2) is 9.97 Å². The van der Waals surface area contributed by atoms with Crippen LogP contribution < -0.4 is 10.2 Å². The maximum atomic E-state index is 5.93. The molecule has 1 aliphatic heterocycles. The number of aromatic nitrogens is 2. The van der Waals surface area contributed by atoms with Crippen LogP contribution in [0, 0.1) is 0 Å². The van der Waals surface area contributed by atoms with E-state index in [1.807, 2.05) is 19.4 Å². The minimum Gasteiger partial charge on any atom is -0.373 e. The van der Waals surface area contributed by atoms with Crippen LogP contribution in [0.1, 0.15) is 20.8 Å². The van der Waals surface area contributed by atoms with Gasteiger partial charge in [0.25, 0.3) is 0 Å². The molecule has 0 aromatic carbocycles. The Balaban J connectivity index is 2.29. The highest BCUT2D eigenvalue weighted by Crippen LogP contribution is 2.27. The number of nitrogens with zero attached hydrogens (tertiary/aromatic N) is 3. The van der Waals surface area contributed by atoms with Gasteiger partial charge in [-0.2, -0.15) is 0 Å². The number of ether oxygens (including phenoxy) is 1. The number of morpholine rings is 1. The molecule has 0 amide bonds. The predicted molar refractivity (Wildman–Crippen MR) is 80.2 cm³/mol. The van der Waals surface area contributed by atoms with Crippen LogP contribution >= 0.6 is 11.8 Å². The molecule has 5 nitrogen and oxygen atoms in total. The number of nitrogens with one attached hydrogen (secondary N) is 1. The van der Waals surface area contributed by atoms with Crippen molar-refractivity contribution in [1.29, 1.82) is 0 Å². The van der Waals surface area contributed by atoms with Gasteiger partial charge in [0.05, 0.1) is 11.7 Å². The molecule has 0 radical (unpaired) electrons. The molecule has 6 heteroatoms. The lowest BCUT2D eigenvalue weighted by atomic mass is 10.1. The first-order valence-electron chi connectivity index (χ1n) is 6.47. The number of thioether (sulfide) groups is 1. The molecule has 19 heavy (non-hydrogen) atoms. The summed E-state index contributed by atoms with van der Waals surface area (Å²) in [6, 6.07) is 1.99. The zero-order chi connectivity index (χ0) is 14.0. The second-order valence-corrected chi connectivity index (χ2v) is 6.19. The van der Waals surface area contributed by atoms with Crippen LogP contribution in [-0.4, -0.2) is 48.1 Å². The van der Waals surface area contributed by atoms with Crippen LogP contribution in [0.2, 0.25) is 0 Å². The summed E-state index contributed by atoms with van der Waals surface area (Å²) in [5.74, 6) is 1.82. The largest absolute Gasteiger partial charge is 0.373 e. The zero-order valence-corrected chi connectivity index (χ0v) is 13.0. The first kappa shape index (κ1) is 14.4. The lowest BCUT2D eigenvalue weighted by molar-refractivity contribution is -0.0752. The Morgan fingerprint density at radius 1 is 1.47 bits per heavy atom. The molecule has 1 aliphatic rings. The van der Waals surface area contributed by atoms with E-state index in [1.165, 1.54) is 0 Å². The minimum atomic E-state index is -0.151. The van der Waals surface area contributed by atoms with Gasteiger partial charge in [-0.05, 0) is 27.0 Å². The van der Waals surface area contributed by atoms with Crippen molar-refractivity contribution in [3.8, 4) is 0 Å². The van der Waals surface area contributed by atoms with Gasteiger partial charge in [0, 0.05) is 26.2 Å². The highest BCUT2D eigenvalue weighted by molar-refractivity contribution is 7.98. The van der Waals surface area contributed by atoms with Crippen LogP contribution in [0.25, 0.3) is 0 Å². The Morgan fingerprint density at radius 2 is 2.21 bits per heavy atom. The van der Waals surface area contributed by atoms with Gasteiger partial charge in [0.1, 0.15) is 11.6 Å². The molecule has 1 fully saturated rings. The van der Waals surface area contributed by atoms with Crippen molar-refractivity contribution in [3.05, 3.63) is 6.07 Å². The van der Waals surface area contributed by atoms with Crippen molar-refractivity contribution in [2.24, 2.45) is 0 Å². The molecule has 0 saturated carbocycles. The van der Waals surface area contributed by atoms with Crippen molar-refractivity contribution < 1.29 is 4.74 Å². The summed E-state index contributed by atoms with van der Waals surface area (Å²) >= 11 is 1.56. The van der Waals surface area contributed by atoms with E-state index in [0.717, 1.165) is 29.9 Å². The van der Waals surface area contributed by atoms with Gasteiger partial charge in [-0.3, -0.25) is 0 Å². The second-order valence-electron chi connectivity index (χ2n) is 5.42. The third kappa shape index (κ3) is 3.51. The first-order valence-corrected chi connectivity index (χ1v) is 7.69. The fraction of sp³-hybridized carbons (Fsp3) is 0.692. The Hall–Kier alpha value is -1.01. The molecule has 1 aromatic heterocycles. The third-order valence-electron chi connectivity index (χ3n) is 3.02. The van der Waals surface area contributed by atoms with Crippen LogP contribution in [0.5, 0.6) is 0 Å². The summed E-state index contributed by atoms with van der Waals surface area (Å²) in [5.41, 5.74) is -0.151. The topological polar surface area (TPSA) is 50.3 Å². The highest BCUT2D eigenvalue weighted by atomic mass is 32.2. The second kappa shape index (κ2) is 5.54. The van der Waals surface area contributed by atoms with Gasteiger partial charge in [0.2, 0.25) is 0 Å². The lowest BCUT2D eigenvalue weighted by Crippen LogP contribution is -2.52. The van der Waals surface area contributed by atoms with Crippen LogP contribution in [-0.2, 0) is 4.74 Å². The molecular formula is C13H22N4OS. The van der Waals surface area contributed by atoms with Gasteiger partial charge in [-0.1, -0.05) is 11.8 Å². The number of hydrogen-bond acceptors (Lipinski definition) is 6. The average Bonchev–Trinajstić information content (AvgIpc) is 2.35. The Bertz CT molecular complexity index is 430. The summed E-state index contributed by atoms with van der Waals surface area (Å²) in [4.78, 5) is 11.3. The highest BCUT2D eigenvalue weighted by Gasteiger charge is 2.32. The molecule has 2 rings (SSSR count). The summed E-state index contributed by atoms with van der Waals surface area (Å²) in [6.45, 7) is 8.03. The molecule has 1 unspecified atom stereocenters. The van der Waals surface area contributed by atoms with Crippen LogP contribution in [0.3, 0.4) is 0 Å². The van der Waals surface area contributed by atoms with Gasteiger partial charge in [-0.15, -0.1) is 0 Å². The molecule has 1 atom stereocenters. The van der Waals surface area contributed by atoms with Gasteiger partial charge >= 0.3 is 0 Å². The van der Waals surface area contributed by atoms with E-state index < -0.39 is 0 Å². The molecule has 1 aromatic rings. The number of rotatable bonds is 3. The molecular weight excluding hydrogens is 260 g/mol. The van der Waals surface area contributed by atoms with Crippen molar-refractivity contribution in [1.82, 2.24) is 9.97 Å². The van der Waals surface area contributed by atoms with E-state index in [2.05, 4.69) is 41.0 Å². The maximum absolute atomic E-state index is 5.93. The Morgan fingerprint density at radius 3 is 2.79 bits per heavy atom. The van der Waals surface area contributed by atoms with Crippen LogP contribution in [0.15, 0.2) is 11.2 Å². The normalized spacial score (nSPS) is 22.4. The summed E-state index contributed by atoms with van der Waals surface area (Å²) in [5, 5.41) is 3.88. The van der Waals surface area contributed by atoms with E-state index in [4.69, 9.17) is 4.74 Å². The Kier molecular flexibility index (Phi) is 4.20. The van der Waals surface area contributed by atoms with E-state index in [0.29, 0.717) is 0 Å². The summed E-state index contributed by atoms with van der Waals surface area (Å²) in [7, 11) is 1.88. The maximum Gasteiger partial charge on any atom is 0.191 e. The Labute approximate surface area is 119 Å².